The minimum absolute atomic E-state index is 0.0845. The first-order valence-electron chi connectivity index (χ1n) is 11.8. The third-order valence-corrected chi connectivity index (χ3v) is 6.74. The third kappa shape index (κ3) is 6.45. The summed E-state index contributed by atoms with van der Waals surface area (Å²) in [6.45, 7) is 10.1. The fourth-order valence-corrected chi connectivity index (χ4v) is 4.44. The maximum absolute atomic E-state index is 12.9. The van der Waals surface area contributed by atoms with Crippen molar-refractivity contribution in [1.82, 2.24) is 20.1 Å². The van der Waals surface area contributed by atoms with Crippen LogP contribution < -0.4 is 5.32 Å². The summed E-state index contributed by atoms with van der Waals surface area (Å²) in [7, 11) is 2.11. The number of benzene rings is 1. The van der Waals surface area contributed by atoms with Crippen LogP contribution in [0.25, 0.3) is 0 Å². The van der Waals surface area contributed by atoms with E-state index in [0.29, 0.717) is 24.6 Å². The molecule has 0 unspecified atom stereocenters. The van der Waals surface area contributed by atoms with Crippen LogP contribution in [0, 0.1) is 26.7 Å². The number of nitrogens with zero attached hydrogens (tertiary/aromatic N) is 2. The van der Waals surface area contributed by atoms with Crippen LogP contribution in [0.3, 0.4) is 0 Å². The second-order valence-corrected chi connectivity index (χ2v) is 9.24. The molecule has 3 rings (SSSR count). The van der Waals surface area contributed by atoms with E-state index in [2.05, 4.69) is 46.5 Å². The number of hydrogen-bond donors (Lipinski definition) is 2. The summed E-state index contributed by atoms with van der Waals surface area (Å²) in [5.74, 6) is 0.571. The highest BCUT2D eigenvalue weighted by Crippen LogP contribution is 2.24. The normalized spacial score (nSPS) is 14.7. The Labute approximate surface area is 192 Å². The van der Waals surface area contributed by atoms with Crippen LogP contribution in [-0.2, 0) is 11.3 Å². The number of amides is 2. The number of aromatic nitrogens is 1. The first-order valence-corrected chi connectivity index (χ1v) is 11.8. The summed E-state index contributed by atoms with van der Waals surface area (Å²) in [6.07, 6.45) is 3.27. The van der Waals surface area contributed by atoms with Gasteiger partial charge in [0.15, 0.2) is 0 Å². The number of hydrogen-bond acceptors (Lipinski definition) is 3. The summed E-state index contributed by atoms with van der Waals surface area (Å²) in [6, 6.07) is 10.4. The van der Waals surface area contributed by atoms with Gasteiger partial charge in [0.1, 0.15) is 5.69 Å². The van der Waals surface area contributed by atoms with Crippen LogP contribution in [0.2, 0.25) is 0 Å². The maximum Gasteiger partial charge on any atom is 0.270 e. The van der Waals surface area contributed by atoms with Gasteiger partial charge in [0, 0.05) is 38.3 Å². The highest BCUT2D eigenvalue weighted by atomic mass is 16.2. The van der Waals surface area contributed by atoms with Gasteiger partial charge in [0.05, 0.1) is 0 Å². The van der Waals surface area contributed by atoms with Crippen molar-refractivity contribution in [2.45, 2.75) is 53.0 Å². The Hall–Kier alpha value is -2.60. The molecular formula is C26H38N4O2. The molecule has 0 radical (unpaired) electrons. The van der Waals surface area contributed by atoms with Gasteiger partial charge in [-0.25, -0.2) is 0 Å². The number of H-pyrrole nitrogens is 1. The lowest BCUT2D eigenvalue weighted by atomic mass is 9.93. The molecule has 1 aliphatic heterocycles. The molecule has 1 aromatic carbocycles. The van der Waals surface area contributed by atoms with Crippen molar-refractivity contribution in [2.24, 2.45) is 5.92 Å². The Bertz CT molecular complexity index is 898. The van der Waals surface area contributed by atoms with Crippen LogP contribution in [-0.4, -0.2) is 59.8 Å². The zero-order valence-electron chi connectivity index (χ0n) is 20.0. The molecule has 32 heavy (non-hydrogen) atoms. The van der Waals surface area contributed by atoms with Crippen molar-refractivity contribution in [1.29, 1.82) is 0 Å². The molecule has 1 aromatic heterocycles. The molecular weight excluding hydrogens is 400 g/mol. The fourth-order valence-electron chi connectivity index (χ4n) is 4.44. The Kier molecular flexibility index (Phi) is 8.51. The summed E-state index contributed by atoms with van der Waals surface area (Å²) >= 11 is 0. The summed E-state index contributed by atoms with van der Waals surface area (Å²) in [5.41, 5.74) is 5.28. The Morgan fingerprint density at radius 3 is 2.41 bits per heavy atom. The van der Waals surface area contributed by atoms with E-state index in [1.807, 2.05) is 31.7 Å². The highest BCUT2D eigenvalue weighted by Gasteiger charge is 2.27. The standard InChI is InChI=1S/C26H38N4O2/c1-19-20(2)25(28-21(19)3)26(32)30-15-11-22(12-16-30)17-24(31)27-13-8-14-29(4)18-23-9-6-5-7-10-23/h5-7,9-10,22,28H,8,11-18H2,1-4H3,(H,27,31). The predicted octanol–water partition coefficient (Wildman–Crippen LogP) is 3.82. The summed E-state index contributed by atoms with van der Waals surface area (Å²) in [5, 5.41) is 3.07. The topological polar surface area (TPSA) is 68.4 Å². The molecule has 1 saturated heterocycles. The highest BCUT2D eigenvalue weighted by molar-refractivity contribution is 5.94. The molecule has 0 saturated carbocycles. The second kappa shape index (κ2) is 11.3. The SMILES string of the molecule is Cc1[nH]c(C(=O)N2CCC(CC(=O)NCCCN(C)Cc3ccccc3)CC2)c(C)c1C. The van der Waals surface area contributed by atoms with Gasteiger partial charge in [-0.2, -0.15) is 0 Å². The molecule has 174 valence electrons. The molecule has 0 bridgehead atoms. The molecule has 0 spiro atoms. The van der Waals surface area contributed by atoms with Crippen molar-refractivity contribution >= 4 is 11.8 Å². The van der Waals surface area contributed by atoms with Gasteiger partial charge in [0.2, 0.25) is 5.91 Å². The van der Waals surface area contributed by atoms with Crippen molar-refractivity contribution in [3.05, 3.63) is 58.4 Å². The number of likely N-dealkylation sites (tertiary alicyclic amines) is 1. The number of carbonyl (C=O) groups excluding carboxylic acids is 2. The minimum atomic E-state index is 0.0845. The lowest BCUT2D eigenvalue weighted by Gasteiger charge is -2.31. The number of rotatable bonds is 9. The molecule has 1 aliphatic rings. The predicted molar refractivity (Wildman–Crippen MR) is 129 cm³/mol. The molecule has 2 N–H and O–H groups in total. The molecule has 6 nitrogen and oxygen atoms in total. The number of aryl methyl sites for hydroxylation is 1. The smallest absolute Gasteiger partial charge is 0.270 e. The first-order chi connectivity index (χ1) is 15.3. The average Bonchev–Trinajstić information content (AvgIpc) is 3.05. The number of aromatic amines is 1. The van der Waals surface area contributed by atoms with E-state index in [-0.39, 0.29) is 11.8 Å². The van der Waals surface area contributed by atoms with Crippen molar-refractivity contribution in [3.63, 3.8) is 0 Å². The molecule has 0 atom stereocenters. The van der Waals surface area contributed by atoms with E-state index in [0.717, 1.165) is 62.3 Å². The quantitative estimate of drug-likeness (QED) is 0.585. The third-order valence-electron chi connectivity index (χ3n) is 6.74. The lowest BCUT2D eigenvalue weighted by Crippen LogP contribution is -2.40. The van der Waals surface area contributed by atoms with E-state index in [9.17, 15) is 9.59 Å². The maximum atomic E-state index is 12.9. The molecule has 2 aromatic rings. The fraction of sp³-hybridized carbons (Fsp3) is 0.538. The summed E-state index contributed by atoms with van der Waals surface area (Å²) < 4.78 is 0. The zero-order chi connectivity index (χ0) is 23.1. The van der Waals surface area contributed by atoms with Gasteiger partial charge in [-0.05, 0) is 76.2 Å². The van der Waals surface area contributed by atoms with Gasteiger partial charge < -0.3 is 20.1 Å². The van der Waals surface area contributed by atoms with Gasteiger partial charge in [-0.1, -0.05) is 30.3 Å². The molecule has 0 aliphatic carbocycles. The molecule has 2 heterocycles. The Morgan fingerprint density at radius 1 is 1.09 bits per heavy atom. The van der Waals surface area contributed by atoms with Crippen LogP contribution in [0.4, 0.5) is 0 Å². The van der Waals surface area contributed by atoms with E-state index < -0.39 is 0 Å². The van der Waals surface area contributed by atoms with Gasteiger partial charge in [-0.15, -0.1) is 0 Å². The van der Waals surface area contributed by atoms with Gasteiger partial charge in [-0.3, -0.25) is 9.59 Å². The van der Waals surface area contributed by atoms with Crippen LogP contribution in [0.1, 0.15) is 58.6 Å². The average molecular weight is 439 g/mol. The van der Waals surface area contributed by atoms with E-state index in [1.165, 1.54) is 5.56 Å². The first kappa shape index (κ1) is 24.1. The second-order valence-electron chi connectivity index (χ2n) is 9.24. The monoisotopic (exact) mass is 438 g/mol. The number of nitrogens with one attached hydrogen (secondary N) is 2. The molecule has 1 fully saturated rings. The van der Waals surface area contributed by atoms with Crippen LogP contribution in [0.5, 0.6) is 0 Å². The largest absolute Gasteiger partial charge is 0.356 e. The van der Waals surface area contributed by atoms with Gasteiger partial charge >= 0.3 is 0 Å². The minimum Gasteiger partial charge on any atom is -0.356 e. The Morgan fingerprint density at radius 2 is 1.78 bits per heavy atom. The zero-order valence-corrected chi connectivity index (χ0v) is 20.0. The van der Waals surface area contributed by atoms with Crippen LogP contribution >= 0.6 is 0 Å². The van der Waals surface area contributed by atoms with Crippen molar-refractivity contribution in [3.8, 4) is 0 Å². The number of carbonyl (C=O) groups is 2. The van der Waals surface area contributed by atoms with Crippen molar-refractivity contribution < 1.29 is 9.59 Å². The van der Waals surface area contributed by atoms with Gasteiger partial charge in [0.25, 0.3) is 5.91 Å². The summed E-state index contributed by atoms with van der Waals surface area (Å²) in [4.78, 5) is 32.7. The molecule has 2 amide bonds. The van der Waals surface area contributed by atoms with E-state index >= 15 is 0 Å². The molecule has 6 heteroatoms. The Balaban J connectivity index is 1.32. The van der Waals surface area contributed by atoms with Crippen LogP contribution in [0.15, 0.2) is 30.3 Å². The number of piperidine rings is 1. The van der Waals surface area contributed by atoms with E-state index in [4.69, 9.17) is 0 Å². The van der Waals surface area contributed by atoms with Crippen molar-refractivity contribution in [2.75, 3.05) is 33.2 Å². The lowest BCUT2D eigenvalue weighted by molar-refractivity contribution is -0.122. The van der Waals surface area contributed by atoms with E-state index in [1.54, 1.807) is 0 Å².